The van der Waals surface area contributed by atoms with E-state index >= 15 is 0 Å². The second kappa shape index (κ2) is 5.23. The predicted molar refractivity (Wildman–Crippen MR) is 58.3 cm³/mol. The third-order valence-corrected chi connectivity index (χ3v) is 3.12. The topological polar surface area (TPSA) is 32.3 Å². The molecule has 3 nitrogen and oxygen atoms in total. The lowest BCUT2D eigenvalue weighted by atomic mass is 9.93. The molecule has 1 unspecified atom stereocenters. The highest BCUT2D eigenvalue weighted by molar-refractivity contribution is 5.74. The zero-order valence-electron chi connectivity index (χ0n) is 9.55. The first kappa shape index (κ1) is 11.3. The number of carbonyl (C=O) groups excluding carboxylic acids is 1. The number of amides is 2. The van der Waals surface area contributed by atoms with E-state index in [0.29, 0.717) is 12.1 Å². The van der Waals surface area contributed by atoms with Gasteiger partial charge in [-0.2, -0.15) is 0 Å². The van der Waals surface area contributed by atoms with Gasteiger partial charge in [-0.1, -0.05) is 13.3 Å². The number of rotatable bonds is 4. The molecule has 0 heterocycles. The Balaban J connectivity index is 2.26. The van der Waals surface area contributed by atoms with Crippen LogP contribution in [0.4, 0.5) is 4.79 Å². The minimum absolute atomic E-state index is 0.0932. The molecule has 3 heteroatoms. The van der Waals surface area contributed by atoms with Crippen molar-refractivity contribution < 1.29 is 4.79 Å². The van der Waals surface area contributed by atoms with E-state index in [2.05, 4.69) is 19.2 Å². The number of urea groups is 1. The molecule has 0 aromatic rings. The Kier molecular flexibility index (Phi) is 4.23. The average molecular weight is 198 g/mol. The van der Waals surface area contributed by atoms with Gasteiger partial charge in [0, 0.05) is 19.1 Å². The van der Waals surface area contributed by atoms with Gasteiger partial charge in [0.2, 0.25) is 0 Å². The van der Waals surface area contributed by atoms with E-state index in [1.807, 2.05) is 11.9 Å². The summed E-state index contributed by atoms with van der Waals surface area (Å²) >= 11 is 0. The summed E-state index contributed by atoms with van der Waals surface area (Å²) in [6, 6.07) is 0.884. The van der Waals surface area contributed by atoms with Gasteiger partial charge in [0.05, 0.1) is 0 Å². The largest absolute Gasteiger partial charge is 0.335 e. The fourth-order valence-electron chi connectivity index (χ4n) is 1.64. The van der Waals surface area contributed by atoms with Gasteiger partial charge in [-0.15, -0.1) is 0 Å². The van der Waals surface area contributed by atoms with Crippen molar-refractivity contribution in [1.29, 1.82) is 0 Å². The molecular weight excluding hydrogens is 176 g/mol. The zero-order valence-corrected chi connectivity index (χ0v) is 9.55. The smallest absolute Gasteiger partial charge is 0.317 e. The molecule has 1 atom stereocenters. The Bertz CT molecular complexity index is 190. The molecule has 82 valence electrons. The first-order chi connectivity index (χ1) is 6.65. The summed E-state index contributed by atoms with van der Waals surface area (Å²) in [5, 5.41) is 3.04. The van der Waals surface area contributed by atoms with Crippen LogP contribution < -0.4 is 5.32 Å². The van der Waals surface area contributed by atoms with E-state index < -0.39 is 0 Å². The molecule has 14 heavy (non-hydrogen) atoms. The normalized spacial score (nSPS) is 18.5. The van der Waals surface area contributed by atoms with Crippen molar-refractivity contribution in [3.8, 4) is 0 Å². The summed E-state index contributed by atoms with van der Waals surface area (Å²) in [6.07, 6.45) is 5.78. The first-order valence-corrected chi connectivity index (χ1v) is 5.68. The van der Waals surface area contributed by atoms with Crippen LogP contribution in [0.3, 0.4) is 0 Å². The number of nitrogens with zero attached hydrogens (tertiary/aromatic N) is 1. The van der Waals surface area contributed by atoms with Gasteiger partial charge in [-0.05, 0) is 32.6 Å². The quantitative estimate of drug-likeness (QED) is 0.739. The molecule has 0 aromatic heterocycles. The predicted octanol–water partition coefficient (Wildman–Crippen LogP) is 2.37. The summed E-state index contributed by atoms with van der Waals surface area (Å²) in [5.41, 5.74) is 0. The Labute approximate surface area is 86.9 Å². The molecule has 2 amide bonds. The second-order valence-electron chi connectivity index (χ2n) is 4.33. The van der Waals surface area contributed by atoms with E-state index in [9.17, 15) is 4.79 Å². The van der Waals surface area contributed by atoms with E-state index in [4.69, 9.17) is 0 Å². The number of hydrogen-bond donors (Lipinski definition) is 1. The van der Waals surface area contributed by atoms with Crippen molar-refractivity contribution in [3.63, 3.8) is 0 Å². The molecule has 1 aliphatic carbocycles. The van der Waals surface area contributed by atoms with Gasteiger partial charge in [-0.25, -0.2) is 4.79 Å². The van der Waals surface area contributed by atoms with Crippen LogP contribution in [0.1, 0.15) is 46.0 Å². The molecular formula is C11H22N2O. The fraction of sp³-hybridized carbons (Fsp3) is 0.909. The zero-order chi connectivity index (χ0) is 10.6. The van der Waals surface area contributed by atoms with Crippen LogP contribution in [-0.4, -0.2) is 30.1 Å². The van der Waals surface area contributed by atoms with E-state index in [-0.39, 0.29) is 6.03 Å². The van der Waals surface area contributed by atoms with Crippen molar-refractivity contribution in [2.24, 2.45) is 0 Å². The minimum atomic E-state index is 0.0932. The van der Waals surface area contributed by atoms with Crippen LogP contribution >= 0.6 is 0 Å². The molecule has 1 N–H and O–H groups in total. The molecule has 0 aliphatic heterocycles. The van der Waals surface area contributed by atoms with E-state index in [1.165, 1.54) is 6.42 Å². The molecule has 0 radical (unpaired) electrons. The van der Waals surface area contributed by atoms with Crippen LogP contribution in [0.5, 0.6) is 0 Å². The van der Waals surface area contributed by atoms with Gasteiger partial charge < -0.3 is 10.2 Å². The van der Waals surface area contributed by atoms with Crippen molar-refractivity contribution >= 4 is 6.03 Å². The number of carbonyl (C=O) groups is 1. The summed E-state index contributed by atoms with van der Waals surface area (Å²) < 4.78 is 0. The average Bonchev–Trinajstić information content (AvgIpc) is 2.10. The fourth-order valence-corrected chi connectivity index (χ4v) is 1.64. The van der Waals surface area contributed by atoms with Crippen LogP contribution in [-0.2, 0) is 0 Å². The lowest BCUT2D eigenvalue weighted by molar-refractivity contribution is 0.180. The van der Waals surface area contributed by atoms with Crippen LogP contribution in [0, 0.1) is 0 Å². The Morgan fingerprint density at radius 2 is 2.21 bits per heavy atom. The lowest BCUT2D eigenvalue weighted by Gasteiger charge is -2.31. The Hall–Kier alpha value is -0.730. The minimum Gasteiger partial charge on any atom is -0.335 e. The van der Waals surface area contributed by atoms with Crippen molar-refractivity contribution in [2.45, 2.75) is 58.0 Å². The van der Waals surface area contributed by atoms with E-state index in [1.54, 1.807) is 0 Å². The molecule has 0 aromatic carbocycles. The Morgan fingerprint density at radius 1 is 1.57 bits per heavy atom. The molecule has 1 aliphatic rings. The van der Waals surface area contributed by atoms with Crippen molar-refractivity contribution in [1.82, 2.24) is 10.2 Å². The standard InChI is InChI=1S/C11H22N2O/c1-4-6-9(2)13(3)11(14)12-10-7-5-8-10/h9-10H,4-8H2,1-3H3,(H,12,14). The third kappa shape index (κ3) is 2.89. The second-order valence-corrected chi connectivity index (χ2v) is 4.33. The van der Waals surface area contributed by atoms with E-state index in [0.717, 1.165) is 25.7 Å². The SMILES string of the molecule is CCCC(C)N(C)C(=O)NC1CCC1. The van der Waals surface area contributed by atoms with Gasteiger partial charge in [0.1, 0.15) is 0 Å². The summed E-state index contributed by atoms with van der Waals surface area (Å²) in [4.78, 5) is 13.5. The lowest BCUT2D eigenvalue weighted by Crippen LogP contribution is -2.48. The Morgan fingerprint density at radius 3 is 2.64 bits per heavy atom. The van der Waals surface area contributed by atoms with Crippen molar-refractivity contribution in [3.05, 3.63) is 0 Å². The van der Waals surface area contributed by atoms with Crippen LogP contribution in [0.15, 0.2) is 0 Å². The maximum absolute atomic E-state index is 11.7. The maximum Gasteiger partial charge on any atom is 0.317 e. The van der Waals surface area contributed by atoms with Crippen molar-refractivity contribution in [2.75, 3.05) is 7.05 Å². The maximum atomic E-state index is 11.7. The summed E-state index contributed by atoms with van der Waals surface area (Å²) in [5.74, 6) is 0. The van der Waals surface area contributed by atoms with Crippen LogP contribution in [0.2, 0.25) is 0 Å². The van der Waals surface area contributed by atoms with Gasteiger partial charge in [0.25, 0.3) is 0 Å². The monoisotopic (exact) mass is 198 g/mol. The first-order valence-electron chi connectivity index (χ1n) is 5.68. The molecule has 0 spiro atoms. The highest BCUT2D eigenvalue weighted by Gasteiger charge is 2.22. The number of nitrogens with one attached hydrogen (secondary N) is 1. The molecule has 0 bridgehead atoms. The molecule has 0 saturated heterocycles. The summed E-state index contributed by atoms with van der Waals surface area (Å²) in [7, 11) is 1.88. The van der Waals surface area contributed by atoms with Gasteiger partial charge in [0.15, 0.2) is 0 Å². The highest BCUT2D eigenvalue weighted by Crippen LogP contribution is 2.18. The van der Waals surface area contributed by atoms with Crippen LogP contribution in [0.25, 0.3) is 0 Å². The summed E-state index contributed by atoms with van der Waals surface area (Å²) in [6.45, 7) is 4.25. The molecule has 1 rings (SSSR count). The van der Waals surface area contributed by atoms with Gasteiger partial charge >= 0.3 is 6.03 Å². The molecule has 1 fully saturated rings. The third-order valence-electron chi connectivity index (χ3n) is 3.12. The molecule has 1 saturated carbocycles. The number of hydrogen-bond acceptors (Lipinski definition) is 1. The highest BCUT2D eigenvalue weighted by atomic mass is 16.2. The van der Waals surface area contributed by atoms with Gasteiger partial charge in [-0.3, -0.25) is 0 Å².